The molecular weight excluding hydrogens is 340 g/mol. The van der Waals surface area contributed by atoms with E-state index in [-0.39, 0.29) is 12.1 Å². The molecule has 0 amide bonds. The van der Waals surface area contributed by atoms with Crippen LogP contribution in [-0.2, 0) is 4.74 Å². The number of hydrogen-bond acceptors (Lipinski definition) is 3. The van der Waals surface area contributed by atoms with Gasteiger partial charge in [0.05, 0.1) is 18.8 Å². The van der Waals surface area contributed by atoms with Crippen LogP contribution >= 0.6 is 27.5 Å². The molecule has 0 saturated carbocycles. The van der Waals surface area contributed by atoms with Crippen molar-refractivity contribution >= 4 is 27.5 Å². The highest BCUT2D eigenvalue weighted by Crippen LogP contribution is 2.36. The zero-order chi connectivity index (χ0) is 14.7. The Hall–Kier alpha value is -0.130. The SMILES string of the molecule is CNCC1OCCN(C(C)C)C1c1ccc(Cl)cc1Br. The topological polar surface area (TPSA) is 24.5 Å². The van der Waals surface area contributed by atoms with Crippen LogP contribution in [-0.4, -0.2) is 43.8 Å². The molecule has 2 atom stereocenters. The zero-order valence-electron chi connectivity index (χ0n) is 12.2. The third-order valence-corrected chi connectivity index (χ3v) is 4.66. The lowest BCUT2D eigenvalue weighted by Gasteiger charge is -2.44. The number of rotatable bonds is 4. The third kappa shape index (κ3) is 3.55. The van der Waals surface area contributed by atoms with E-state index in [0.717, 1.165) is 29.2 Å². The van der Waals surface area contributed by atoms with Gasteiger partial charge in [0, 0.05) is 28.6 Å². The first-order valence-corrected chi connectivity index (χ1v) is 8.18. The fourth-order valence-electron chi connectivity index (χ4n) is 2.82. The van der Waals surface area contributed by atoms with Gasteiger partial charge in [0.25, 0.3) is 0 Å². The molecule has 1 aromatic rings. The molecule has 1 fully saturated rings. The average molecular weight is 362 g/mol. The molecule has 5 heteroatoms. The fourth-order valence-corrected chi connectivity index (χ4v) is 3.74. The Labute approximate surface area is 134 Å². The molecule has 1 aliphatic heterocycles. The van der Waals surface area contributed by atoms with Gasteiger partial charge in [0.1, 0.15) is 0 Å². The Balaban J connectivity index is 2.37. The maximum Gasteiger partial charge on any atom is 0.0896 e. The quantitative estimate of drug-likeness (QED) is 0.888. The van der Waals surface area contributed by atoms with E-state index in [0.29, 0.717) is 6.04 Å². The number of nitrogens with zero attached hydrogens (tertiary/aromatic N) is 1. The molecule has 3 nitrogen and oxygen atoms in total. The summed E-state index contributed by atoms with van der Waals surface area (Å²) in [5.74, 6) is 0. The normalized spacial score (nSPS) is 24.3. The fraction of sp³-hybridized carbons (Fsp3) is 0.600. The Bertz CT molecular complexity index is 453. The summed E-state index contributed by atoms with van der Waals surface area (Å²) in [7, 11) is 1.96. The second kappa shape index (κ2) is 7.23. The number of nitrogens with one attached hydrogen (secondary N) is 1. The van der Waals surface area contributed by atoms with Crippen molar-refractivity contribution in [1.29, 1.82) is 0 Å². The lowest BCUT2D eigenvalue weighted by atomic mass is 9.96. The van der Waals surface area contributed by atoms with Crippen LogP contribution in [0.2, 0.25) is 5.02 Å². The number of halogens is 2. The summed E-state index contributed by atoms with van der Waals surface area (Å²) in [6.07, 6.45) is 0.147. The molecule has 0 radical (unpaired) electrons. The Kier molecular flexibility index (Phi) is 5.87. The minimum atomic E-state index is 0.147. The molecule has 1 aromatic carbocycles. The molecule has 112 valence electrons. The molecular formula is C15H22BrClN2O. The molecule has 1 N–H and O–H groups in total. The van der Waals surface area contributed by atoms with Crippen LogP contribution in [0.5, 0.6) is 0 Å². The zero-order valence-corrected chi connectivity index (χ0v) is 14.5. The van der Waals surface area contributed by atoms with Crippen molar-refractivity contribution in [2.45, 2.75) is 32.0 Å². The van der Waals surface area contributed by atoms with Crippen molar-refractivity contribution in [3.63, 3.8) is 0 Å². The van der Waals surface area contributed by atoms with E-state index in [4.69, 9.17) is 16.3 Å². The highest BCUT2D eigenvalue weighted by atomic mass is 79.9. The van der Waals surface area contributed by atoms with Crippen LogP contribution in [0, 0.1) is 0 Å². The first kappa shape index (κ1) is 16.2. The second-order valence-corrected chi connectivity index (χ2v) is 6.70. The molecule has 1 aliphatic rings. The van der Waals surface area contributed by atoms with Crippen molar-refractivity contribution in [1.82, 2.24) is 10.2 Å². The number of benzene rings is 1. The van der Waals surface area contributed by atoms with Crippen molar-refractivity contribution in [3.8, 4) is 0 Å². The van der Waals surface area contributed by atoms with Crippen molar-refractivity contribution in [3.05, 3.63) is 33.3 Å². The first-order chi connectivity index (χ1) is 9.54. The number of ether oxygens (including phenoxy) is 1. The van der Waals surface area contributed by atoms with Crippen LogP contribution in [0.3, 0.4) is 0 Å². The van der Waals surface area contributed by atoms with Crippen LogP contribution in [0.1, 0.15) is 25.5 Å². The third-order valence-electron chi connectivity index (χ3n) is 3.74. The molecule has 1 heterocycles. The maximum atomic E-state index is 6.07. The molecule has 20 heavy (non-hydrogen) atoms. The van der Waals surface area contributed by atoms with Crippen LogP contribution in [0.4, 0.5) is 0 Å². The van der Waals surface area contributed by atoms with E-state index >= 15 is 0 Å². The number of hydrogen-bond donors (Lipinski definition) is 1. The van der Waals surface area contributed by atoms with Gasteiger partial charge in [-0.05, 0) is 38.6 Å². The summed E-state index contributed by atoms with van der Waals surface area (Å²) in [5.41, 5.74) is 1.24. The van der Waals surface area contributed by atoms with Gasteiger partial charge in [0.15, 0.2) is 0 Å². The monoisotopic (exact) mass is 360 g/mol. The Morgan fingerprint density at radius 2 is 2.25 bits per heavy atom. The van der Waals surface area contributed by atoms with Crippen LogP contribution < -0.4 is 5.32 Å². The molecule has 0 spiro atoms. The summed E-state index contributed by atoms with van der Waals surface area (Å²) in [6.45, 7) is 7.05. The number of likely N-dealkylation sites (N-methyl/N-ethyl adjacent to an activating group) is 1. The molecule has 0 aliphatic carbocycles. The highest BCUT2D eigenvalue weighted by Gasteiger charge is 2.35. The molecule has 2 rings (SSSR count). The first-order valence-electron chi connectivity index (χ1n) is 7.01. The van der Waals surface area contributed by atoms with Crippen molar-refractivity contribution in [2.75, 3.05) is 26.7 Å². The largest absolute Gasteiger partial charge is 0.374 e. The van der Waals surface area contributed by atoms with Gasteiger partial charge < -0.3 is 10.1 Å². The van der Waals surface area contributed by atoms with Crippen LogP contribution in [0.25, 0.3) is 0 Å². The Morgan fingerprint density at radius 3 is 2.85 bits per heavy atom. The maximum absolute atomic E-state index is 6.07. The predicted octanol–water partition coefficient (Wildman–Crippen LogP) is 3.47. The predicted molar refractivity (Wildman–Crippen MR) is 87.4 cm³/mol. The molecule has 0 bridgehead atoms. The summed E-state index contributed by atoms with van der Waals surface area (Å²) >= 11 is 9.72. The summed E-state index contributed by atoms with van der Waals surface area (Å²) < 4.78 is 7.04. The average Bonchev–Trinajstić information content (AvgIpc) is 2.39. The van der Waals surface area contributed by atoms with Gasteiger partial charge in [-0.2, -0.15) is 0 Å². The van der Waals surface area contributed by atoms with Gasteiger partial charge in [-0.3, -0.25) is 4.90 Å². The summed E-state index contributed by atoms with van der Waals surface area (Å²) in [4.78, 5) is 2.50. The van der Waals surface area contributed by atoms with Gasteiger partial charge in [0.2, 0.25) is 0 Å². The van der Waals surface area contributed by atoms with Gasteiger partial charge in [-0.15, -0.1) is 0 Å². The van der Waals surface area contributed by atoms with E-state index in [9.17, 15) is 0 Å². The minimum Gasteiger partial charge on any atom is -0.374 e. The van der Waals surface area contributed by atoms with Gasteiger partial charge in [-0.25, -0.2) is 0 Å². The standard InChI is InChI=1S/C15H22BrClN2O/c1-10(2)19-6-7-20-14(9-18-3)15(19)12-5-4-11(17)8-13(12)16/h4-5,8,10,14-15,18H,6-7,9H2,1-3H3. The molecule has 1 saturated heterocycles. The highest BCUT2D eigenvalue weighted by molar-refractivity contribution is 9.10. The lowest BCUT2D eigenvalue weighted by molar-refractivity contribution is -0.0817. The van der Waals surface area contributed by atoms with E-state index in [1.807, 2.05) is 19.2 Å². The van der Waals surface area contributed by atoms with Gasteiger partial charge >= 0.3 is 0 Å². The lowest BCUT2D eigenvalue weighted by Crippen LogP contribution is -2.51. The summed E-state index contributed by atoms with van der Waals surface area (Å²) in [6, 6.07) is 6.73. The van der Waals surface area contributed by atoms with E-state index in [1.165, 1.54) is 5.56 Å². The Morgan fingerprint density at radius 1 is 1.50 bits per heavy atom. The molecule has 2 unspecified atom stereocenters. The smallest absolute Gasteiger partial charge is 0.0896 e. The molecule has 0 aromatic heterocycles. The summed E-state index contributed by atoms with van der Waals surface area (Å²) in [5, 5.41) is 3.98. The van der Waals surface area contributed by atoms with E-state index < -0.39 is 0 Å². The van der Waals surface area contributed by atoms with Crippen molar-refractivity contribution < 1.29 is 4.74 Å². The van der Waals surface area contributed by atoms with Gasteiger partial charge in [-0.1, -0.05) is 33.6 Å². The second-order valence-electron chi connectivity index (χ2n) is 5.41. The van der Waals surface area contributed by atoms with E-state index in [2.05, 4.69) is 46.1 Å². The number of morpholine rings is 1. The van der Waals surface area contributed by atoms with Crippen LogP contribution in [0.15, 0.2) is 22.7 Å². The van der Waals surface area contributed by atoms with E-state index in [1.54, 1.807) is 0 Å². The minimum absolute atomic E-state index is 0.147. The van der Waals surface area contributed by atoms with Crippen molar-refractivity contribution in [2.24, 2.45) is 0 Å².